The maximum absolute atomic E-state index is 10.6. The second-order valence-electron chi connectivity index (χ2n) is 4.50. The van der Waals surface area contributed by atoms with E-state index in [1.807, 2.05) is 18.2 Å². The van der Waals surface area contributed by atoms with Crippen molar-refractivity contribution in [3.8, 4) is 0 Å². The molecule has 106 valence electrons. The van der Waals surface area contributed by atoms with Crippen molar-refractivity contribution in [3.05, 3.63) is 52.3 Å². The minimum Gasteiger partial charge on any atom is -0.283 e. The zero-order valence-electron chi connectivity index (χ0n) is 11.4. The third kappa shape index (κ3) is 3.82. The van der Waals surface area contributed by atoms with E-state index >= 15 is 0 Å². The van der Waals surface area contributed by atoms with E-state index in [2.05, 4.69) is 29.4 Å². The first-order valence-electron chi connectivity index (χ1n) is 6.07. The van der Waals surface area contributed by atoms with Crippen LogP contribution in [0.5, 0.6) is 0 Å². The quantitative estimate of drug-likeness (QED) is 0.465. The Bertz CT molecular complexity index is 582. The van der Waals surface area contributed by atoms with Crippen LogP contribution in [0.3, 0.4) is 0 Å². The van der Waals surface area contributed by atoms with Gasteiger partial charge in [-0.2, -0.15) is 5.10 Å². The van der Waals surface area contributed by atoms with E-state index in [0.29, 0.717) is 6.67 Å². The van der Waals surface area contributed by atoms with Crippen molar-refractivity contribution in [1.29, 1.82) is 0 Å². The number of nitro groups is 1. The maximum Gasteiger partial charge on any atom is 0.307 e. The van der Waals surface area contributed by atoms with E-state index in [4.69, 9.17) is 0 Å². The van der Waals surface area contributed by atoms with E-state index in [1.165, 1.54) is 22.9 Å². The van der Waals surface area contributed by atoms with Gasteiger partial charge in [-0.05, 0) is 31.0 Å². The van der Waals surface area contributed by atoms with Gasteiger partial charge >= 0.3 is 5.69 Å². The highest BCUT2D eigenvalue weighted by Crippen LogP contribution is 2.16. The highest BCUT2D eigenvalue weighted by molar-refractivity contribution is 7.98. The van der Waals surface area contributed by atoms with Crippen LogP contribution in [-0.2, 0) is 13.2 Å². The van der Waals surface area contributed by atoms with E-state index in [1.54, 1.807) is 16.4 Å². The zero-order chi connectivity index (χ0) is 14.5. The molecule has 0 saturated heterocycles. The second kappa shape index (κ2) is 6.53. The molecule has 7 heteroatoms. The van der Waals surface area contributed by atoms with E-state index < -0.39 is 4.92 Å². The summed E-state index contributed by atoms with van der Waals surface area (Å²) in [6.07, 6.45) is 4.75. The molecule has 1 aromatic carbocycles. The maximum atomic E-state index is 10.6. The van der Waals surface area contributed by atoms with E-state index in [9.17, 15) is 10.1 Å². The molecule has 1 aromatic heterocycles. The number of rotatable bonds is 6. The minimum atomic E-state index is -0.440. The molecule has 0 aliphatic heterocycles. The topological polar surface area (TPSA) is 64.2 Å². The predicted octanol–water partition coefficient (Wildman–Crippen LogP) is 2.60. The van der Waals surface area contributed by atoms with Crippen LogP contribution in [0.1, 0.15) is 5.56 Å². The van der Waals surface area contributed by atoms with Gasteiger partial charge < -0.3 is 0 Å². The van der Waals surface area contributed by atoms with Gasteiger partial charge in [0.2, 0.25) is 0 Å². The highest BCUT2D eigenvalue weighted by Gasteiger charge is 2.10. The molecular formula is C13H16N4O2S. The Morgan fingerprint density at radius 1 is 1.40 bits per heavy atom. The Hall–Kier alpha value is -1.86. The number of hydrogen-bond donors (Lipinski definition) is 0. The Balaban J connectivity index is 1.93. The fraction of sp³-hybridized carbons (Fsp3) is 0.308. The van der Waals surface area contributed by atoms with Gasteiger partial charge in [0.15, 0.2) is 0 Å². The lowest BCUT2D eigenvalue weighted by molar-refractivity contribution is -0.385. The molecule has 0 N–H and O–H groups in total. The summed E-state index contributed by atoms with van der Waals surface area (Å²) in [5, 5.41) is 14.6. The van der Waals surface area contributed by atoms with Crippen molar-refractivity contribution < 1.29 is 4.92 Å². The first-order chi connectivity index (χ1) is 9.58. The summed E-state index contributed by atoms with van der Waals surface area (Å²) in [7, 11) is 1.95. The molecule has 6 nitrogen and oxygen atoms in total. The van der Waals surface area contributed by atoms with Crippen LogP contribution in [0.25, 0.3) is 0 Å². The normalized spacial score (nSPS) is 10.9. The molecule has 0 fully saturated rings. The molecule has 1 heterocycles. The third-order valence-corrected chi connectivity index (χ3v) is 3.57. The number of hydrogen-bond acceptors (Lipinski definition) is 5. The smallest absolute Gasteiger partial charge is 0.283 e. The second-order valence-corrected chi connectivity index (χ2v) is 5.38. The average Bonchev–Trinajstić information content (AvgIpc) is 2.88. The van der Waals surface area contributed by atoms with Gasteiger partial charge in [0.05, 0.1) is 11.6 Å². The first-order valence-corrected chi connectivity index (χ1v) is 7.29. The number of nitrogens with zero attached hydrogens (tertiary/aromatic N) is 4. The molecule has 0 spiro atoms. The van der Waals surface area contributed by atoms with Gasteiger partial charge in [-0.1, -0.05) is 12.1 Å². The van der Waals surface area contributed by atoms with Crippen LogP contribution >= 0.6 is 11.8 Å². The van der Waals surface area contributed by atoms with Gasteiger partial charge in [-0.3, -0.25) is 19.7 Å². The van der Waals surface area contributed by atoms with Crippen LogP contribution < -0.4 is 0 Å². The lowest BCUT2D eigenvalue weighted by atomic mass is 10.2. The molecular weight excluding hydrogens is 276 g/mol. The Morgan fingerprint density at radius 3 is 2.65 bits per heavy atom. The Kier molecular flexibility index (Phi) is 4.75. The van der Waals surface area contributed by atoms with Crippen LogP contribution in [0.4, 0.5) is 5.69 Å². The van der Waals surface area contributed by atoms with Crippen molar-refractivity contribution in [2.75, 3.05) is 13.3 Å². The van der Waals surface area contributed by atoms with Crippen LogP contribution in [0.2, 0.25) is 0 Å². The fourth-order valence-electron chi connectivity index (χ4n) is 1.86. The van der Waals surface area contributed by atoms with Crippen molar-refractivity contribution >= 4 is 17.4 Å². The number of aromatic nitrogens is 2. The summed E-state index contributed by atoms with van der Waals surface area (Å²) >= 11 is 1.71. The predicted molar refractivity (Wildman–Crippen MR) is 78.6 cm³/mol. The van der Waals surface area contributed by atoms with Gasteiger partial charge in [0, 0.05) is 11.4 Å². The third-order valence-electron chi connectivity index (χ3n) is 2.83. The van der Waals surface area contributed by atoms with Gasteiger partial charge in [-0.25, -0.2) is 0 Å². The Morgan fingerprint density at radius 2 is 2.10 bits per heavy atom. The molecule has 2 rings (SSSR count). The van der Waals surface area contributed by atoms with Gasteiger partial charge in [-0.15, -0.1) is 11.8 Å². The summed E-state index contributed by atoms with van der Waals surface area (Å²) < 4.78 is 1.56. The zero-order valence-corrected chi connectivity index (χ0v) is 12.2. The largest absolute Gasteiger partial charge is 0.307 e. The van der Waals surface area contributed by atoms with Gasteiger partial charge in [0.25, 0.3) is 0 Å². The fourth-order valence-corrected chi connectivity index (χ4v) is 2.27. The summed E-state index contributed by atoms with van der Waals surface area (Å²) in [6.45, 7) is 1.28. The molecule has 0 radical (unpaired) electrons. The van der Waals surface area contributed by atoms with Crippen molar-refractivity contribution in [2.24, 2.45) is 0 Å². The molecule has 2 aromatic rings. The molecule has 0 aliphatic rings. The summed E-state index contributed by atoms with van der Waals surface area (Å²) in [5.41, 5.74) is 1.22. The van der Waals surface area contributed by atoms with Crippen LogP contribution in [-0.4, -0.2) is 32.9 Å². The highest BCUT2D eigenvalue weighted by atomic mass is 32.2. The monoisotopic (exact) mass is 292 g/mol. The number of thioether (sulfide) groups is 1. The first kappa shape index (κ1) is 14.5. The van der Waals surface area contributed by atoms with E-state index in [0.717, 1.165) is 6.54 Å². The van der Waals surface area contributed by atoms with Crippen LogP contribution in [0, 0.1) is 10.1 Å². The average molecular weight is 292 g/mol. The molecule has 0 saturated carbocycles. The summed E-state index contributed by atoms with van der Waals surface area (Å²) in [4.78, 5) is 13.4. The Labute approximate surface area is 121 Å². The van der Waals surface area contributed by atoms with Crippen molar-refractivity contribution in [2.45, 2.75) is 18.1 Å². The SMILES string of the molecule is CSc1ccc(CN(C)Cn2cc([N+](=O)[O-])cn2)cc1. The van der Waals surface area contributed by atoms with Crippen LogP contribution in [0.15, 0.2) is 41.6 Å². The lowest BCUT2D eigenvalue weighted by Gasteiger charge is -2.16. The molecule has 0 aliphatic carbocycles. The minimum absolute atomic E-state index is 0.0164. The molecule has 0 unspecified atom stereocenters. The molecule has 20 heavy (non-hydrogen) atoms. The molecule has 0 amide bonds. The van der Waals surface area contributed by atoms with Crippen molar-refractivity contribution in [3.63, 3.8) is 0 Å². The summed E-state index contributed by atoms with van der Waals surface area (Å²) in [5.74, 6) is 0. The standard InChI is InChI=1S/C13H16N4O2S/c1-15(8-11-3-5-13(20-2)6-4-11)10-16-9-12(7-14-16)17(18)19/h3-7,9H,8,10H2,1-2H3. The molecule has 0 bridgehead atoms. The number of benzene rings is 1. The molecule has 0 atom stereocenters. The van der Waals surface area contributed by atoms with E-state index in [-0.39, 0.29) is 5.69 Å². The van der Waals surface area contributed by atoms with Crippen molar-refractivity contribution in [1.82, 2.24) is 14.7 Å². The van der Waals surface area contributed by atoms with Gasteiger partial charge in [0.1, 0.15) is 12.4 Å². The summed E-state index contributed by atoms with van der Waals surface area (Å²) in [6, 6.07) is 8.36. The lowest BCUT2D eigenvalue weighted by Crippen LogP contribution is -2.21.